The highest BCUT2D eigenvalue weighted by Crippen LogP contribution is 2.43. The Bertz CT molecular complexity index is 369. The molecule has 0 aromatic heterocycles. The molecule has 1 unspecified atom stereocenters. The third-order valence-corrected chi connectivity index (χ3v) is 4.28. The second-order valence-electron chi connectivity index (χ2n) is 5.16. The van der Waals surface area contributed by atoms with Crippen molar-refractivity contribution >= 4 is 0 Å². The van der Waals surface area contributed by atoms with E-state index in [0.29, 0.717) is 0 Å². The second-order valence-corrected chi connectivity index (χ2v) is 5.16. The predicted octanol–water partition coefficient (Wildman–Crippen LogP) is 3.16. The third-order valence-electron chi connectivity index (χ3n) is 4.28. The van der Waals surface area contributed by atoms with Crippen molar-refractivity contribution < 1.29 is 4.74 Å². The van der Waals surface area contributed by atoms with Crippen LogP contribution in [0, 0.1) is 0 Å². The Morgan fingerprint density at radius 1 is 1.29 bits per heavy atom. The average molecular weight is 233 g/mol. The fourth-order valence-electron chi connectivity index (χ4n) is 3.10. The van der Waals surface area contributed by atoms with Gasteiger partial charge in [0.05, 0.1) is 6.10 Å². The van der Waals surface area contributed by atoms with Crippen molar-refractivity contribution in [1.29, 1.82) is 0 Å². The first-order valence-corrected chi connectivity index (χ1v) is 6.56. The van der Waals surface area contributed by atoms with Gasteiger partial charge in [-0.15, -0.1) is 0 Å². The number of nitrogens with two attached hydrogens (primary N) is 1. The first kappa shape index (κ1) is 12.6. The van der Waals surface area contributed by atoms with Crippen molar-refractivity contribution in [3.8, 4) is 0 Å². The van der Waals surface area contributed by atoms with Crippen LogP contribution in [-0.4, -0.2) is 13.7 Å². The van der Waals surface area contributed by atoms with E-state index < -0.39 is 0 Å². The molecular weight excluding hydrogens is 210 g/mol. The van der Waals surface area contributed by atoms with E-state index >= 15 is 0 Å². The van der Waals surface area contributed by atoms with Crippen LogP contribution in [0.3, 0.4) is 0 Å². The van der Waals surface area contributed by atoms with Crippen molar-refractivity contribution in [1.82, 2.24) is 0 Å². The summed E-state index contributed by atoms with van der Waals surface area (Å²) >= 11 is 0. The number of hydrogen-bond acceptors (Lipinski definition) is 2. The molecule has 17 heavy (non-hydrogen) atoms. The second kappa shape index (κ2) is 5.19. The van der Waals surface area contributed by atoms with Crippen molar-refractivity contribution in [2.45, 2.75) is 44.1 Å². The Labute approximate surface area is 104 Å². The summed E-state index contributed by atoms with van der Waals surface area (Å²) in [4.78, 5) is 0. The van der Waals surface area contributed by atoms with Gasteiger partial charge in [0.25, 0.3) is 0 Å². The summed E-state index contributed by atoms with van der Waals surface area (Å²) in [6.45, 7) is 2.86. The lowest BCUT2D eigenvalue weighted by Gasteiger charge is -2.31. The highest BCUT2D eigenvalue weighted by Gasteiger charge is 2.36. The Hall–Kier alpha value is -0.860. The lowest BCUT2D eigenvalue weighted by molar-refractivity contribution is 0.117. The predicted molar refractivity (Wildman–Crippen MR) is 71.1 cm³/mol. The van der Waals surface area contributed by atoms with Gasteiger partial charge in [0.15, 0.2) is 0 Å². The monoisotopic (exact) mass is 233 g/mol. The Balaban J connectivity index is 2.43. The Morgan fingerprint density at radius 3 is 2.53 bits per heavy atom. The molecule has 94 valence electrons. The maximum absolute atomic E-state index is 6.07. The zero-order valence-corrected chi connectivity index (χ0v) is 10.9. The molecule has 2 nitrogen and oxygen atoms in total. The molecule has 0 bridgehead atoms. The van der Waals surface area contributed by atoms with E-state index in [9.17, 15) is 0 Å². The summed E-state index contributed by atoms with van der Waals surface area (Å²) in [5.41, 5.74) is 8.99. The van der Waals surface area contributed by atoms with Gasteiger partial charge in [-0.3, -0.25) is 0 Å². The Kier molecular flexibility index (Phi) is 3.85. The van der Waals surface area contributed by atoms with E-state index in [2.05, 4.69) is 31.2 Å². The summed E-state index contributed by atoms with van der Waals surface area (Å²) in [7, 11) is 1.77. The minimum Gasteiger partial charge on any atom is -0.377 e. The van der Waals surface area contributed by atoms with Gasteiger partial charge in [-0.2, -0.15) is 0 Å². The van der Waals surface area contributed by atoms with Crippen LogP contribution >= 0.6 is 0 Å². The molecule has 2 N–H and O–H groups in total. The fourth-order valence-corrected chi connectivity index (χ4v) is 3.10. The summed E-state index contributed by atoms with van der Waals surface area (Å²) in [6, 6.07) is 8.63. The van der Waals surface area contributed by atoms with Gasteiger partial charge in [-0.1, -0.05) is 37.1 Å². The molecule has 0 spiro atoms. The molecule has 0 amide bonds. The number of rotatable bonds is 4. The first-order valence-electron chi connectivity index (χ1n) is 6.56. The molecule has 2 heteroatoms. The van der Waals surface area contributed by atoms with Gasteiger partial charge in [-0.05, 0) is 30.9 Å². The van der Waals surface area contributed by atoms with Crippen molar-refractivity contribution in [3.05, 3.63) is 35.4 Å². The quantitative estimate of drug-likeness (QED) is 0.867. The molecule has 0 heterocycles. The minimum atomic E-state index is 0.148. The van der Waals surface area contributed by atoms with Crippen LogP contribution in [0.1, 0.15) is 49.8 Å². The first-order chi connectivity index (χ1) is 8.23. The Morgan fingerprint density at radius 2 is 1.94 bits per heavy atom. The number of methoxy groups -OCH3 is 1. The molecule has 1 aliphatic carbocycles. The van der Waals surface area contributed by atoms with Crippen molar-refractivity contribution in [2.75, 3.05) is 13.7 Å². The van der Waals surface area contributed by atoms with Crippen LogP contribution in [0.15, 0.2) is 24.3 Å². The van der Waals surface area contributed by atoms with Gasteiger partial charge in [-0.25, -0.2) is 0 Å². The van der Waals surface area contributed by atoms with E-state index in [1.807, 2.05) is 0 Å². The lowest BCUT2D eigenvalue weighted by atomic mass is 9.76. The molecule has 1 atom stereocenters. The summed E-state index contributed by atoms with van der Waals surface area (Å²) < 4.78 is 5.49. The fraction of sp³-hybridized carbons (Fsp3) is 0.600. The molecule has 1 aromatic carbocycles. The molecule has 1 aliphatic rings. The number of hydrogen-bond donors (Lipinski definition) is 1. The largest absolute Gasteiger partial charge is 0.377 e. The summed E-state index contributed by atoms with van der Waals surface area (Å²) in [5, 5.41) is 0. The van der Waals surface area contributed by atoms with Crippen LogP contribution in [0.5, 0.6) is 0 Å². The van der Waals surface area contributed by atoms with Crippen molar-refractivity contribution in [3.63, 3.8) is 0 Å². The van der Waals surface area contributed by atoms with Crippen LogP contribution < -0.4 is 5.73 Å². The van der Waals surface area contributed by atoms with Gasteiger partial charge in [0, 0.05) is 19.1 Å². The average Bonchev–Trinajstić information content (AvgIpc) is 2.88. The highest BCUT2D eigenvalue weighted by molar-refractivity contribution is 5.37. The zero-order valence-electron chi connectivity index (χ0n) is 10.9. The highest BCUT2D eigenvalue weighted by atomic mass is 16.5. The molecule has 0 aliphatic heterocycles. The van der Waals surface area contributed by atoms with Gasteiger partial charge < -0.3 is 10.5 Å². The number of benzene rings is 1. The maximum atomic E-state index is 6.07. The standard InChI is InChI=1S/C15H23NO/c1-12(17-2)13-7-3-4-8-14(13)15(11-16)9-5-6-10-15/h3-4,7-8,12H,5-6,9-11,16H2,1-2H3. The van der Waals surface area contributed by atoms with Gasteiger partial charge >= 0.3 is 0 Å². The van der Waals surface area contributed by atoms with Crippen LogP contribution in [0.25, 0.3) is 0 Å². The van der Waals surface area contributed by atoms with Gasteiger partial charge in [0.2, 0.25) is 0 Å². The SMILES string of the molecule is COC(C)c1ccccc1C1(CN)CCCC1. The number of ether oxygens (including phenoxy) is 1. The molecule has 1 fully saturated rings. The molecular formula is C15H23NO. The topological polar surface area (TPSA) is 35.2 Å². The lowest BCUT2D eigenvalue weighted by Crippen LogP contribution is -2.33. The van der Waals surface area contributed by atoms with Crippen molar-refractivity contribution in [2.24, 2.45) is 5.73 Å². The van der Waals surface area contributed by atoms with Crippen LogP contribution in [0.2, 0.25) is 0 Å². The van der Waals surface area contributed by atoms with E-state index in [4.69, 9.17) is 10.5 Å². The smallest absolute Gasteiger partial charge is 0.0795 e. The van der Waals surface area contributed by atoms with E-state index in [1.54, 1.807) is 7.11 Å². The van der Waals surface area contributed by atoms with Crippen LogP contribution in [-0.2, 0) is 10.2 Å². The summed E-state index contributed by atoms with van der Waals surface area (Å²) in [5.74, 6) is 0. The minimum absolute atomic E-state index is 0.148. The van der Waals surface area contributed by atoms with E-state index in [-0.39, 0.29) is 11.5 Å². The molecule has 0 radical (unpaired) electrons. The van der Waals surface area contributed by atoms with E-state index in [0.717, 1.165) is 6.54 Å². The zero-order chi connectivity index (χ0) is 12.3. The third kappa shape index (κ3) is 2.24. The van der Waals surface area contributed by atoms with E-state index in [1.165, 1.54) is 36.8 Å². The molecule has 1 aromatic rings. The normalized spacial score (nSPS) is 20.4. The maximum Gasteiger partial charge on any atom is 0.0795 e. The van der Waals surface area contributed by atoms with Gasteiger partial charge in [0.1, 0.15) is 0 Å². The molecule has 0 saturated heterocycles. The summed E-state index contributed by atoms with van der Waals surface area (Å²) in [6.07, 6.45) is 5.18. The molecule has 1 saturated carbocycles. The molecule has 2 rings (SSSR count). The van der Waals surface area contributed by atoms with Crippen LogP contribution in [0.4, 0.5) is 0 Å².